The van der Waals surface area contributed by atoms with Gasteiger partial charge in [-0.15, -0.1) is 0 Å². The summed E-state index contributed by atoms with van der Waals surface area (Å²) in [7, 11) is -3.51. The SMILES string of the molecule is CCc1ccc(-c2snc(Cl)c2COS(C)(=O)=O)cc1. The lowest BCUT2D eigenvalue weighted by molar-refractivity contribution is 0.312. The Kier molecular flexibility index (Phi) is 4.80. The van der Waals surface area contributed by atoms with E-state index >= 15 is 0 Å². The average molecular weight is 332 g/mol. The Balaban J connectivity index is 2.32. The Morgan fingerprint density at radius 1 is 1.30 bits per heavy atom. The van der Waals surface area contributed by atoms with E-state index in [1.807, 2.05) is 24.3 Å². The van der Waals surface area contributed by atoms with Crippen LogP contribution in [0.3, 0.4) is 0 Å². The number of hydrogen-bond acceptors (Lipinski definition) is 5. The lowest BCUT2D eigenvalue weighted by Gasteiger charge is -2.05. The summed E-state index contributed by atoms with van der Waals surface area (Å²) in [6.07, 6.45) is 1.98. The molecule has 0 atom stereocenters. The third kappa shape index (κ3) is 3.79. The van der Waals surface area contributed by atoms with Crippen molar-refractivity contribution < 1.29 is 12.6 Å². The van der Waals surface area contributed by atoms with E-state index in [0.29, 0.717) is 5.56 Å². The van der Waals surface area contributed by atoms with Gasteiger partial charge in [0, 0.05) is 5.56 Å². The fourth-order valence-corrected chi connectivity index (χ4v) is 3.13. The molecule has 0 N–H and O–H groups in total. The zero-order chi connectivity index (χ0) is 14.8. The number of aryl methyl sites for hydroxylation is 1. The van der Waals surface area contributed by atoms with Crippen LogP contribution in [0.4, 0.5) is 0 Å². The van der Waals surface area contributed by atoms with Gasteiger partial charge < -0.3 is 0 Å². The van der Waals surface area contributed by atoms with Crippen LogP contribution in [0.25, 0.3) is 10.4 Å². The largest absolute Gasteiger partial charge is 0.265 e. The van der Waals surface area contributed by atoms with Gasteiger partial charge in [0.15, 0.2) is 0 Å². The first-order chi connectivity index (χ1) is 9.40. The molecule has 0 unspecified atom stereocenters. The molecule has 1 heterocycles. The highest BCUT2D eigenvalue weighted by Crippen LogP contribution is 2.34. The standard InChI is InChI=1S/C13H14ClNO3S2/c1-3-9-4-6-10(7-5-9)12-11(13(14)15-19-12)8-18-20(2,16)17/h4-7H,3,8H2,1-2H3. The molecule has 2 rings (SSSR count). The van der Waals surface area contributed by atoms with Gasteiger partial charge >= 0.3 is 0 Å². The van der Waals surface area contributed by atoms with E-state index in [0.717, 1.165) is 23.1 Å². The average Bonchev–Trinajstić information content (AvgIpc) is 2.77. The van der Waals surface area contributed by atoms with E-state index in [-0.39, 0.29) is 11.8 Å². The first-order valence-electron chi connectivity index (χ1n) is 5.98. The fourth-order valence-electron chi connectivity index (χ4n) is 1.70. The minimum Gasteiger partial charge on any atom is -0.265 e. The van der Waals surface area contributed by atoms with Crippen LogP contribution >= 0.6 is 23.1 Å². The maximum Gasteiger partial charge on any atom is 0.264 e. The first kappa shape index (κ1) is 15.4. The summed E-state index contributed by atoms with van der Waals surface area (Å²) in [5.41, 5.74) is 2.79. The first-order valence-corrected chi connectivity index (χ1v) is 8.95. The maximum absolute atomic E-state index is 11.1. The van der Waals surface area contributed by atoms with Crippen molar-refractivity contribution in [2.24, 2.45) is 0 Å². The fraction of sp³-hybridized carbons (Fsp3) is 0.308. The summed E-state index contributed by atoms with van der Waals surface area (Å²) < 4.78 is 31.1. The molecule has 0 aliphatic rings. The molecular weight excluding hydrogens is 318 g/mol. The van der Waals surface area contributed by atoms with Gasteiger partial charge in [0.2, 0.25) is 0 Å². The smallest absolute Gasteiger partial charge is 0.264 e. The van der Waals surface area contributed by atoms with Crippen LogP contribution in [-0.4, -0.2) is 19.0 Å². The molecule has 108 valence electrons. The van der Waals surface area contributed by atoms with Crippen LogP contribution in [0, 0.1) is 0 Å². The van der Waals surface area contributed by atoms with Crippen LogP contribution in [-0.2, 0) is 27.3 Å². The second kappa shape index (κ2) is 6.22. The lowest BCUT2D eigenvalue weighted by atomic mass is 10.1. The number of halogens is 1. The topological polar surface area (TPSA) is 56.3 Å². The monoisotopic (exact) mass is 331 g/mol. The van der Waals surface area contributed by atoms with Crippen molar-refractivity contribution in [2.45, 2.75) is 20.0 Å². The van der Waals surface area contributed by atoms with E-state index in [1.165, 1.54) is 17.1 Å². The Hall–Kier alpha value is -0.950. The van der Waals surface area contributed by atoms with Crippen molar-refractivity contribution in [1.29, 1.82) is 0 Å². The summed E-state index contributed by atoms with van der Waals surface area (Å²) in [4.78, 5) is 0.835. The van der Waals surface area contributed by atoms with Crippen molar-refractivity contribution in [3.8, 4) is 10.4 Å². The summed E-state index contributed by atoms with van der Waals surface area (Å²) in [6, 6.07) is 8.02. The van der Waals surface area contributed by atoms with Crippen LogP contribution < -0.4 is 0 Å². The van der Waals surface area contributed by atoms with Gasteiger partial charge in [0.05, 0.1) is 17.7 Å². The summed E-state index contributed by atoms with van der Waals surface area (Å²) >= 11 is 7.24. The van der Waals surface area contributed by atoms with E-state index in [2.05, 4.69) is 11.3 Å². The molecular formula is C13H14ClNO3S2. The van der Waals surface area contributed by atoms with Crippen molar-refractivity contribution in [1.82, 2.24) is 4.37 Å². The van der Waals surface area contributed by atoms with Gasteiger partial charge in [-0.2, -0.15) is 12.8 Å². The van der Waals surface area contributed by atoms with Gasteiger partial charge in [-0.05, 0) is 29.1 Å². The molecule has 0 fully saturated rings. The summed E-state index contributed by atoms with van der Waals surface area (Å²) in [6.45, 7) is 1.99. The van der Waals surface area contributed by atoms with Crippen molar-refractivity contribution in [2.75, 3.05) is 6.26 Å². The third-order valence-electron chi connectivity index (χ3n) is 2.78. The highest BCUT2D eigenvalue weighted by molar-refractivity contribution is 7.85. The van der Waals surface area contributed by atoms with Gasteiger partial charge in [-0.1, -0.05) is 42.8 Å². The maximum atomic E-state index is 11.1. The number of hydrogen-bond donors (Lipinski definition) is 0. The van der Waals surface area contributed by atoms with Crippen LogP contribution in [0.5, 0.6) is 0 Å². The Labute approximate surface area is 127 Å². The summed E-state index contributed by atoms with van der Waals surface area (Å²) in [5, 5.41) is 0.285. The second-order valence-electron chi connectivity index (χ2n) is 4.30. The highest BCUT2D eigenvalue weighted by atomic mass is 35.5. The predicted octanol–water partition coefficient (Wildman–Crippen LogP) is 3.50. The molecule has 7 heteroatoms. The number of benzene rings is 1. The molecule has 0 aliphatic heterocycles. The molecule has 0 spiro atoms. The number of rotatable bonds is 5. The zero-order valence-electron chi connectivity index (χ0n) is 11.1. The van der Waals surface area contributed by atoms with E-state index in [1.54, 1.807) is 0 Å². The molecule has 1 aromatic carbocycles. The predicted molar refractivity (Wildman–Crippen MR) is 81.6 cm³/mol. The number of aromatic nitrogens is 1. The molecule has 0 bridgehead atoms. The van der Waals surface area contributed by atoms with Gasteiger partial charge in [-0.25, -0.2) is 0 Å². The second-order valence-corrected chi connectivity index (χ2v) is 7.07. The Morgan fingerprint density at radius 2 is 1.95 bits per heavy atom. The lowest BCUT2D eigenvalue weighted by Crippen LogP contribution is -2.03. The Bertz CT molecular complexity index is 693. The normalized spacial score (nSPS) is 11.8. The molecule has 0 aliphatic carbocycles. The molecule has 20 heavy (non-hydrogen) atoms. The van der Waals surface area contributed by atoms with Crippen LogP contribution in [0.1, 0.15) is 18.1 Å². The van der Waals surface area contributed by atoms with E-state index < -0.39 is 10.1 Å². The molecule has 0 radical (unpaired) electrons. The van der Waals surface area contributed by atoms with Crippen LogP contribution in [0.2, 0.25) is 5.15 Å². The molecule has 0 saturated carbocycles. The van der Waals surface area contributed by atoms with Gasteiger partial charge in [0.25, 0.3) is 10.1 Å². The molecule has 1 aromatic heterocycles. The summed E-state index contributed by atoms with van der Waals surface area (Å²) in [5.74, 6) is 0. The van der Waals surface area contributed by atoms with Gasteiger partial charge in [-0.3, -0.25) is 4.18 Å². The molecule has 4 nitrogen and oxygen atoms in total. The van der Waals surface area contributed by atoms with Gasteiger partial charge in [0.1, 0.15) is 5.15 Å². The minimum absolute atomic E-state index is 0.0982. The van der Waals surface area contributed by atoms with Crippen molar-refractivity contribution in [3.05, 3.63) is 40.5 Å². The number of nitrogens with zero attached hydrogens (tertiary/aromatic N) is 1. The highest BCUT2D eigenvalue weighted by Gasteiger charge is 2.16. The van der Waals surface area contributed by atoms with E-state index in [4.69, 9.17) is 15.8 Å². The van der Waals surface area contributed by atoms with E-state index in [9.17, 15) is 8.42 Å². The molecule has 0 saturated heterocycles. The quantitative estimate of drug-likeness (QED) is 0.787. The zero-order valence-corrected chi connectivity index (χ0v) is 13.5. The van der Waals surface area contributed by atoms with Crippen molar-refractivity contribution >= 4 is 33.3 Å². The minimum atomic E-state index is -3.51. The molecule has 2 aromatic rings. The molecule has 0 amide bonds. The van der Waals surface area contributed by atoms with Crippen molar-refractivity contribution in [3.63, 3.8) is 0 Å². The third-order valence-corrected chi connectivity index (χ3v) is 4.68. The Morgan fingerprint density at radius 3 is 2.50 bits per heavy atom. The van der Waals surface area contributed by atoms with Crippen LogP contribution in [0.15, 0.2) is 24.3 Å².